The molecule has 1 heterocycles. The Kier molecular flexibility index (Phi) is 5.57. The monoisotopic (exact) mass is 405 g/mol. The number of anilines is 1. The molecule has 3 N–H and O–H groups in total. The number of methoxy groups -OCH3 is 2. The van der Waals surface area contributed by atoms with E-state index < -0.39 is 0 Å². The average molecular weight is 406 g/mol. The first kappa shape index (κ1) is 17.7. The van der Waals surface area contributed by atoms with Gasteiger partial charge in [-0.2, -0.15) is 0 Å². The maximum Gasteiger partial charge on any atom is 0.242 e. The minimum Gasteiger partial charge on any atom is -0.497 e. The van der Waals surface area contributed by atoms with E-state index in [1.165, 1.54) is 0 Å². The molecular formula is C18H20BrN3O3. The maximum atomic E-state index is 12.5. The number of rotatable bonds is 5. The van der Waals surface area contributed by atoms with Crippen LogP contribution in [0.4, 0.5) is 5.69 Å². The Labute approximate surface area is 155 Å². The lowest BCUT2D eigenvalue weighted by molar-refractivity contribution is -0.117. The van der Waals surface area contributed by atoms with Crippen LogP contribution in [0.15, 0.2) is 46.9 Å². The molecule has 0 aliphatic carbocycles. The van der Waals surface area contributed by atoms with Gasteiger partial charge in [0.15, 0.2) is 0 Å². The van der Waals surface area contributed by atoms with Crippen molar-refractivity contribution in [2.45, 2.75) is 18.5 Å². The van der Waals surface area contributed by atoms with Crippen molar-refractivity contribution >= 4 is 27.5 Å². The normalized spacial score (nSPS) is 19.5. The van der Waals surface area contributed by atoms with Crippen LogP contribution in [0.25, 0.3) is 0 Å². The topological polar surface area (TPSA) is 71.6 Å². The van der Waals surface area contributed by atoms with Gasteiger partial charge in [0.05, 0.1) is 20.3 Å². The van der Waals surface area contributed by atoms with Crippen molar-refractivity contribution < 1.29 is 14.3 Å². The summed E-state index contributed by atoms with van der Waals surface area (Å²) in [5, 5.41) is 2.92. The van der Waals surface area contributed by atoms with Crippen LogP contribution >= 0.6 is 15.9 Å². The third-order valence-corrected chi connectivity index (χ3v) is 4.68. The van der Waals surface area contributed by atoms with Crippen molar-refractivity contribution in [3.05, 3.63) is 52.5 Å². The number of hydrogen-bond donors (Lipinski definition) is 3. The molecule has 2 aromatic rings. The van der Waals surface area contributed by atoms with E-state index in [9.17, 15) is 4.79 Å². The number of hydrogen-bond acceptors (Lipinski definition) is 5. The molecule has 3 rings (SSSR count). The molecule has 25 heavy (non-hydrogen) atoms. The third-order valence-electron chi connectivity index (χ3n) is 4.15. The number of carbonyl (C=O) groups excluding carboxylic acids is 1. The summed E-state index contributed by atoms with van der Waals surface area (Å²) >= 11 is 3.38. The van der Waals surface area contributed by atoms with Gasteiger partial charge < -0.3 is 14.8 Å². The van der Waals surface area contributed by atoms with Crippen molar-refractivity contribution in [2.24, 2.45) is 0 Å². The molecule has 0 aromatic heterocycles. The van der Waals surface area contributed by atoms with Gasteiger partial charge in [0.1, 0.15) is 17.5 Å². The lowest BCUT2D eigenvalue weighted by Gasteiger charge is -2.15. The van der Waals surface area contributed by atoms with E-state index in [2.05, 4.69) is 32.1 Å². The molecule has 132 valence electrons. The molecule has 0 radical (unpaired) electrons. The summed E-state index contributed by atoms with van der Waals surface area (Å²) in [4.78, 5) is 12.5. The predicted octanol–water partition coefficient (Wildman–Crippen LogP) is 3.01. The minimum absolute atomic E-state index is 0.0264. The Bertz CT molecular complexity index is 752. The summed E-state index contributed by atoms with van der Waals surface area (Å²) in [6.45, 7) is 0. The molecule has 0 spiro atoms. The van der Waals surface area contributed by atoms with Crippen LogP contribution in [-0.4, -0.2) is 26.2 Å². The molecule has 2 unspecified atom stereocenters. The molecule has 7 heteroatoms. The zero-order valence-electron chi connectivity index (χ0n) is 14.0. The molecule has 1 amide bonds. The number of benzene rings is 2. The smallest absolute Gasteiger partial charge is 0.242 e. The minimum atomic E-state index is -0.333. The summed E-state index contributed by atoms with van der Waals surface area (Å²) < 4.78 is 11.6. The first-order valence-electron chi connectivity index (χ1n) is 7.90. The van der Waals surface area contributed by atoms with E-state index in [1.54, 1.807) is 14.2 Å². The predicted molar refractivity (Wildman–Crippen MR) is 99.7 cm³/mol. The molecule has 1 aliphatic rings. The van der Waals surface area contributed by atoms with E-state index >= 15 is 0 Å². The first-order valence-corrected chi connectivity index (χ1v) is 8.69. The van der Waals surface area contributed by atoms with Gasteiger partial charge in [-0.05, 0) is 36.8 Å². The van der Waals surface area contributed by atoms with Crippen molar-refractivity contribution in [2.75, 3.05) is 19.5 Å². The Balaban J connectivity index is 1.67. The van der Waals surface area contributed by atoms with E-state index in [0.717, 1.165) is 27.2 Å². The Morgan fingerprint density at radius 1 is 1.12 bits per heavy atom. The van der Waals surface area contributed by atoms with Gasteiger partial charge in [-0.1, -0.05) is 22.0 Å². The van der Waals surface area contributed by atoms with Gasteiger partial charge in [-0.15, -0.1) is 0 Å². The second-order valence-electron chi connectivity index (χ2n) is 5.73. The van der Waals surface area contributed by atoms with Gasteiger partial charge in [0.2, 0.25) is 5.91 Å². The number of hydrazine groups is 1. The largest absolute Gasteiger partial charge is 0.497 e. The maximum absolute atomic E-state index is 12.5. The number of nitrogens with one attached hydrogen (secondary N) is 3. The molecule has 1 saturated heterocycles. The zero-order chi connectivity index (χ0) is 17.8. The molecule has 0 bridgehead atoms. The molecule has 2 atom stereocenters. The van der Waals surface area contributed by atoms with Crippen molar-refractivity contribution in [1.29, 1.82) is 0 Å². The molecule has 6 nitrogen and oxygen atoms in total. The standard InChI is InChI=1S/C18H20BrN3O3/c1-24-13-7-8-14(17(9-13)25-2)15-10-16(22-21-15)18(23)20-12-5-3-11(19)4-6-12/h3-9,15-16,21-22H,10H2,1-2H3,(H,20,23). The fourth-order valence-corrected chi connectivity index (χ4v) is 3.07. The fraction of sp³-hybridized carbons (Fsp3) is 0.278. The lowest BCUT2D eigenvalue weighted by atomic mass is 10.0. The quantitative estimate of drug-likeness (QED) is 0.712. The van der Waals surface area contributed by atoms with Crippen LogP contribution < -0.4 is 25.6 Å². The average Bonchev–Trinajstić information content (AvgIpc) is 3.13. The van der Waals surface area contributed by atoms with Gasteiger partial charge >= 0.3 is 0 Å². The highest BCUT2D eigenvalue weighted by molar-refractivity contribution is 9.10. The number of halogens is 1. The molecular weight excluding hydrogens is 386 g/mol. The van der Waals surface area contributed by atoms with Crippen LogP contribution in [0.1, 0.15) is 18.0 Å². The van der Waals surface area contributed by atoms with E-state index in [-0.39, 0.29) is 18.0 Å². The van der Waals surface area contributed by atoms with Crippen molar-refractivity contribution in [1.82, 2.24) is 10.9 Å². The Morgan fingerprint density at radius 2 is 1.88 bits per heavy atom. The highest BCUT2D eigenvalue weighted by atomic mass is 79.9. The molecule has 0 saturated carbocycles. The van der Waals surface area contributed by atoms with E-state index in [4.69, 9.17) is 9.47 Å². The summed E-state index contributed by atoms with van der Waals surface area (Å²) in [5.41, 5.74) is 7.98. The van der Waals surface area contributed by atoms with Gasteiger partial charge in [-0.25, -0.2) is 10.9 Å². The first-order chi connectivity index (χ1) is 12.1. The molecule has 1 aliphatic heterocycles. The van der Waals surface area contributed by atoms with Crippen LogP contribution in [0, 0.1) is 0 Å². The summed E-state index contributed by atoms with van der Waals surface area (Å²) in [5.74, 6) is 1.38. The van der Waals surface area contributed by atoms with Gasteiger partial charge in [-0.3, -0.25) is 4.79 Å². The number of amides is 1. The van der Waals surface area contributed by atoms with Crippen LogP contribution in [0.3, 0.4) is 0 Å². The third kappa shape index (κ3) is 4.12. The molecule has 1 fully saturated rings. The summed E-state index contributed by atoms with van der Waals surface area (Å²) in [6, 6.07) is 12.8. The number of ether oxygens (including phenoxy) is 2. The SMILES string of the molecule is COc1ccc(C2CC(C(=O)Nc3ccc(Br)cc3)NN2)c(OC)c1. The van der Waals surface area contributed by atoms with Crippen LogP contribution in [0.5, 0.6) is 11.5 Å². The second kappa shape index (κ2) is 7.86. The number of carbonyl (C=O) groups is 1. The van der Waals surface area contributed by atoms with Crippen molar-refractivity contribution in [3.8, 4) is 11.5 Å². The van der Waals surface area contributed by atoms with Gasteiger partial charge in [0.25, 0.3) is 0 Å². The summed E-state index contributed by atoms with van der Waals surface area (Å²) in [7, 11) is 3.24. The van der Waals surface area contributed by atoms with E-state index in [1.807, 2.05) is 42.5 Å². The Hall–Kier alpha value is -2.09. The second-order valence-corrected chi connectivity index (χ2v) is 6.65. The zero-order valence-corrected chi connectivity index (χ0v) is 15.6. The van der Waals surface area contributed by atoms with E-state index in [0.29, 0.717) is 6.42 Å². The fourth-order valence-electron chi connectivity index (χ4n) is 2.80. The van der Waals surface area contributed by atoms with Crippen molar-refractivity contribution in [3.63, 3.8) is 0 Å². The Morgan fingerprint density at radius 3 is 2.56 bits per heavy atom. The highest BCUT2D eigenvalue weighted by Crippen LogP contribution is 2.33. The van der Waals surface area contributed by atoms with Gasteiger partial charge in [0, 0.05) is 21.8 Å². The van der Waals surface area contributed by atoms with Crippen LogP contribution in [-0.2, 0) is 4.79 Å². The van der Waals surface area contributed by atoms with Crippen LogP contribution in [0.2, 0.25) is 0 Å². The molecule has 2 aromatic carbocycles. The highest BCUT2D eigenvalue weighted by Gasteiger charge is 2.31. The lowest BCUT2D eigenvalue weighted by Crippen LogP contribution is -2.39. The summed E-state index contributed by atoms with van der Waals surface area (Å²) in [6.07, 6.45) is 0.616.